The Morgan fingerprint density at radius 3 is 1.95 bits per heavy atom. The van der Waals surface area contributed by atoms with Crippen LogP contribution in [0.2, 0.25) is 0 Å². The van der Waals surface area contributed by atoms with Crippen molar-refractivity contribution in [3.8, 4) is 0 Å². The zero-order valence-electron chi connectivity index (χ0n) is 11.4. The van der Waals surface area contributed by atoms with Crippen LogP contribution in [0.15, 0.2) is 82.8 Å². The van der Waals surface area contributed by atoms with Gasteiger partial charge >= 0.3 is 0 Å². The molecule has 1 nitrogen and oxygen atoms in total. The van der Waals surface area contributed by atoms with Gasteiger partial charge in [0.25, 0.3) is 0 Å². The van der Waals surface area contributed by atoms with E-state index in [1.165, 1.54) is 0 Å². The molecule has 0 aromatic heterocycles. The van der Waals surface area contributed by atoms with Crippen LogP contribution in [0.25, 0.3) is 5.70 Å². The number of halogens is 1. The molecule has 0 aliphatic rings. The Kier molecular flexibility index (Phi) is 5.08. The molecule has 20 heavy (non-hydrogen) atoms. The van der Waals surface area contributed by atoms with Gasteiger partial charge < -0.3 is 0 Å². The Labute approximate surface area is 128 Å². The van der Waals surface area contributed by atoms with Crippen LogP contribution in [0.5, 0.6) is 0 Å². The van der Waals surface area contributed by atoms with Gasteiger partial charge in [0.15, 0.2) is 0 Å². The van der Waals surface area contributed by atoms with Crippen LogP contribution in [0.3, 0.4) is 0 Å². The second-order valence-corrected chi connectivity index (χ2v) is 5.13. The van der Waals surface area contributed by atoms with Crippen molar-refractivity contribution in [3.05, 3.63) is 88.9 Å². The molecule has 0 N–H and O–H groups in total. The summed E-state index contributed by atoms with van der Waals surface area (Å²) in [6, 6.07) is 20.1. The summed E-state index contributed by atoms with van der Waals surface area (Å²) in [6.07, 6.45) is 1.99. The predicted molar refractivity (Wildman–Crippen MR) is 91.1 cm³/mol. The third-order valence-electron chi connectivity index (χ3n) is 2.88. The largest absolute Gasteiger partial charge is 0.247 e. The summed E-state index contributed by atoms with van der Waals surface area (Å²) in [7, 11) is 0. The first-order chi connectivity index (χ1) is 9.72. The fourth-order valence-corrected chi connectivity index (χ4v) is 2.14. The van der Waals surface area contributed by atoms with Crippen LogP contribution < -0.4 is 0 Å². The summed E-state index contributed by atoms with van der Waals surface area (Å²) in [5.74, 6) is 0. The lowest BCUT2D eigenvalue weighted by molar-refractivity contribution is 1.49. The number of benzene rings is 2. The molecule has 0 fully saturated rings. The molecule has 0 aliphatic heterocycles. The molecular weight excluding hydrogens is 310 g/mol. The SMILES string of the molecule is C=C(N=C(/C(Br)=C\C)c1ccccc1)c1ccccc1. The lowest BCUT2D eigenvalue weighted by Gasteiger charge is -2.08. The molecule has 2 aromatic rings. The smallest absolute Gasteiger partial charge is 0.0847 e. The Morgan fingerprint density at radius 2 is 1.45 bits per heavy atom. The van der Waals surface area contributed by atoms with Crippen LogP contribution in [0.1, 0.15) is 18.1 Å². The van der Waals surface area contributed by atoms with Gasteiger partial charge in [-0.15, -0.1) is 0 Å². The lowest BCUT2D eigenvalue weighted by Crippen LogP contribution is -2.01. The molecule has 0 saturated heterocycles. The Morgan fingerprint density at radius 1 is 0.950 bits per heavy atom. The predicted octanol–water partition coefficient (Wildman–Crippen LogP) is 5.45. The zero-order chi connectivity index (χ0) is 14.4. The molecule has 0 atom stereocenters. The van der Waals surface area contributed by atoms with Gasteiger partial charge in [-0.3, -0.25) is 0 Å². The molecule has 2 rings (SSSR count). The van der Waals surface area contributed by atoms with E-state index in [1.807, 2.05) is 73.7 Å². The van der Waals surface area contributed by atoms with E-state index in [9.17, 15) is 0 Å². The maximum Gasteiger partial charge on any atom is 0.0847 e. The Bertz CT molecular complexity index is 640. The normalized spacial score (nSPS) is 12.3. The summed E-state index contributed by atoms with van der Waals surface area (Å²) in [5, 5.41) is 0. The van der Waals surface area contributed by atoms with Crippen molar-refractivity contribution in [1.29, 1.82) is 0 Å². The summed E-state index contributed by atoms with van der Waals surface area (Å²) >= 11 is 3.57. The topological polar surface area (TPSA) is 12.4 Å². The van der Waals surface area contributed by atoms with Gasteiger partial charge in [-0.2, -0.15) is 0 Å². The van der Waals surface area contributed by atoms with E-state index < -0.39 is 0 Å². The van der Waals surface area contributed by atoms with Gasteiger partial charge in [0.2, 0.25) is 0 Å². The molecular formula is C18H16BrN. The molecule has 0 radical (unpaired) electrons. The molecule has 0 amide bonds. The highest BCUT2D eigenvalue weighted by Crippen LogP contribution is 2.20. The van der Waals surface area contributed by atoms with E-state index in [1.54, 1.807) is 0 Å². The summed E-state index contributed by atoms with van der Waals surface area (Å²) in [5.41, 5.74) is 3.73. The van der Waals surface area contributed by atoms with Crippen molar-refractivity contribution in [1.82, 2.24) is 0 Å². The fraction of sp³-hybridized carbons (Fsp3) is 0.0556. The van der Waals surface area contributed by atoms with Crippen molar-refractivity contribution >= 4 is 27.3 Å². The van der Waals surface area contributed by atoms with Crippen LogP contribution >= 0.6 is 15.9 Å². The molecule has 100 valence electrons. The molecule has 2 aromatic carbocycles. The van der Waals surface area contributed by atoms with E-state index >= 15 is 0 Å². The maximum atomic E-state index is 4.69. The van der Waals surface area contributed by atoms with E-state index in [0.29, 0.717) is 0 Å². The minimum atomic E-state index is 0.753. The summed E-state index contributed by atoms with van der Waals surface area (Å²) < 4.78 is 0.959. The van der Waals surface area contributed by atoms with Gasteiger partial charge in [-0.25, -0.2) is 4.99 Å². The highest BCUT2D eigenvalue weighted by Gasteiger charge is 2.07. The van der Waals surface area contributed by atoms with Gasteiger partial charge in [-0.05, 0) is 28.4 Å². The first-order valence-corrected chi connectivity index (χ1v) is 7.22. The van der Waals surface area contributed by atoms with Crippen LogP contribution in [0, 0.1) is 0 Å². The molecule has 0 heterocycles. The minimum absolute atomic E-state index is 0.753. The number of rotatable bonds is 4. The molecule has 0 bridgehead atoms. The first-order valence-electron chi connectivity index (χ1n) is 6.43. The second-order valence-electron chi connectivity index (χ2n) is 4.28. The maximum absolute atomic E-state index is 4.69. The third-order valence-corrected chi connectivity index (χ3v) is 3.71. The van der Waals surface area contributed by atoms with Crippen molar-refractivity contribution in [3.63, 3.8) is 0 Å². The standard InChI is InChI=1S/C18H16BrN/c1-3-17(19)18(16-12-8-5-9-13-16)20-14(2)15-10-6-4-7-11-15/h3-13H,2H2,1H3/b17-3+,20-18?. The van der Waals surface area contributed by atoms with Crippen molar-refractivity contribution in [2.24, 2.45) is 4.99 Å². The quantitative estimate of drug-likeness (QED) is 0.663. The molecule has 0 aliphatic carbocycles. The average Bonchev–Trinajstić information content (AvgIpc) is 2.53. The number of hydrogen-bond acceptors (Lipinski definition) is 1. The van der Waals surface area contributed by atoms with Crippen LogP contribution in [-0.4, -0.2) is 5.71 Å². The number of hydrogen-bond donors (Lipinski definition) is 0. The molecule has 0 unspecified atom stereocenters. The van der Waals surface area contributed by atoms with Crippen LogP contribution in [-0.2, 0) is 0 Å². The van der Waals surface area contributed by atoms with Crippen molar-refractivity contribution < 1.29 is 0 Å². The fourth-order valence-electron chi connectivity index (χ4n) is 1.82. The third kappa shape index (κ3) is 3.55. The van der Waals surface area contributed by atoms with Gasteiger partial charge in [0.1, 0.15) is 0 Å². The first kappa shape index (κ1) is 14.5. The summed E-state index contributed by atoms with van der Waals surface area (Å²) in [4.78, 5) is 4.69. The highest BCUT2D eigenvalue weighted by atomic mass is 79.9. The van der Waals surface area contributed by atoms with Gasteiger partial charge in [-0.1, -0.05) is 73.3 Å². The highest BCUT2D eigenvalue weighted by molar-refractivity contribution is 9.12. The second kappa shape index (κ2) is 7.01. The minimum Gasteiger partial charge on any atom is -0.247 e. The number of nitrogens with zero attached hydrogens (tertiary/aromatic N) is 1. The average molecular weight is 326 g/mol. The van der Waals surface area contributed by atoms with Gasteiger partial charge in [0.05, 0.1) is 11.4 Å². The van der Waals surface area contributed by atoms with Crippen molar-refractivity contribution in [2.45, 2.75) is 6.92 Å². The zero-order valence-corrected chi connectivity index (χ0v) is 13.0. The lowest BCUT2D eigenvalue weighted by atomic mass is 10.1. The Hall–Kier alpha value is -1.93. The van der Waals surface area contributed by atoms with E-state index in [4.69, 9.17) is 4.99 Å². The number of aliphatic imine (C=N–C) groups is 1. The summed E-state index contributed by atoms with van der Waals surface area (Å²) in [6.45, 7) is 6.05. The molecule has 0 spiro atoms. The monoisotopic (exact) mass is 325 g/mol. The van der Waals surface area contributed by atoms with Crippen molar-refractivity contribution in [2.75, 3.05) is 0 Å². The van der Waals surface area contributed by atoms with E-state index in [0.717, 1.165) is 27.0 Å². The molecule has 0 saturated carbocycles. The molecule has 2 heteroatoms. The number of allylic oxidation sites excluding steroid dienone is 2. The van der Waals surface area contributed by atoms with E-state index in [2.05, 4.69) is 22.5 Å². The van der Waals surface area contributed by atoms with Crippen LogP contribution in [0.4, 0.5) is 0 Å². The van der Waals surface area contributed by atoms with E-state index in [-0.39, 0.29) is 0 Å². The van der Waals surface area contributed by atoms with Gasteiger partial charge in [0, 0.05) is 10.0 Å². The Balaban J connectivity index is 2.43.